The summed E-state index contributed by atoms with van der Waals surface area (Å²) >= 11 is 1.20. The lowest BCUT2D eigenvalue weighted by atomic mass is 10.1. The number of aromatic nitrogens is 5. The predicted molar refractivity (Wildman–Crippen MR) is 85.2 cm³/mol. The number of benzene rings is 1. The molecule has 1 amide bonds. The number of nitrogens with one attached hydrogen (secondary N) is 2. The van der Waals surface area contributed by atoms with Gasteiger partial charge < -0.3 is 5.32 Å². The van der Waals surface area contributed by atoms with Crippen molar-refractivity contribution in [3.8, 4) is 0 Å². The van der Waals surface area contributed by atoms with Crippen LogP contribution < -0.4 is 10.9 Å². The molecule has 0 fully saturated rings. The van der Waals surface area contributed by atoms with Gasteiger partial charge in [0.15, 0.2) is 0 Å². The molecule has 2 aromatic heterocycles. The molecule has 0 atom stereocenters. The van der Waals surface area contributed by atoms with E-state index in [1.165, 1.54) is 21.8 Å². The van der Waals surface area contributed by atoms with Crippen LogP contribution in [0.5, 0.6) is 0 Å². The fourth-order valence-electron chi connectivity index (χ4n) is 1.88. The Morgan fingerprint density at radius 2 is 2.09 bits per heavy atom. The highest BCUT2D eigenvalue weighted by molar-refractivity contribution is 7.99. The SMILES string of the molecule is Cc1ccc(CNC(=O)CSc2nnc3[nH]c(=O)cnn23)cc1. The van der Waals surface area contributed by atoms with Crippen molar-refractivity contribution in [3.05, 3.63) is 51.9 Å². The number of hydrogen-bond donors (Lipinski definition) is 2. The maximum atomic E-state index is 11.9. The summed E-state index contributed by atoms with van der Waals surface area (Å²) in [7, 11) is 0. The number of hydrogen-bond acceptors (Lipinski definition) is 6. The van der Waals surface area contributed by atoms with E-state index in [9.17, 15) is 9.59 Å². The average molecular weight is 330 g/mol. The second-order valence-corrected chi connectivity index (χ2v) is 5.85. The normalized spacial score (nSPS) is 10.8. The molecule has 0 aliphatic heterocycles. The van der Waals surface area contributed by atoms with Crippen molar-refractivity contribution in [2.24, 2.45) is 0 Å². The highest BCUT2D eigenvalue weighted by Crippen LogP contribution is 2.13. The Morgan fingerprint density at radius 1 is 1.30 bits per heavy atom. The lowest BCUT2D eigenvalue weighted by molar-refractivity contribution is -0.118. The Balaban J connectivity index is 1.55. The third kappa shape index (κ3) is 3.75. The van der Waals surface area contributed by atoms with Crippen LogP contribution in [0.3, 0.4) is 0 Å². The van der Waals surface area contributed by atoms with Crippen molar-refractivity contribution >= 4 is 23.4 Å². The van der Waals surface area contributed by atoms with Gasteiger partial charge >= 0.3 is 0 Å². The number of nitrogens with zero attached hydrogens (tertiary/aromatic N) is 4. The van der Waals surface area contributed by atoms with Crippen molar-refractivity contribution in [1.82, 2.24) is 30.1 Å². The van der Waals surface area contributed by atoms with Crippen molar-refractivity contribution in [1.29, 1.82) is 0 Å². The molecule has 0 saturated heterocycles. The highest BCUT2D eigenvalue weighted by atomic mass is 32.2. The van der Waals surface area contributed by atoms with Gasteiger partial charge in [-0.25, -0.2) is 0 Å². The van der Waals surface area contributed by atoms with E-state index < -0.39 is 0 Å². The fourth-order valence-corrected chi connectivity index (χ4v) is 2.59. The van der Waals surface area contributed by atoms with Gasteiger partial charge in [-0.3, -0.25) is 14.6 Å². The number of carbonyl (C=O) groups excluding carboxylic acids is 1. The summed E-state index contributed by atoms with van der Waals surface area (Å²) in [4.78, 5) is 25.5. The van der Waals surface area contributed by atoms with E-state index in [2.05, 4.69) is 25.6 Å². The Hall–Kier alpha value is -2.68. The molecule has 0 radical (unpaired) electrons. The van der Waals surface area contributed by atoms with Crippen LogP contribution in [0.4, 0.5) is 0 Å². The van der Waals surface area contributed by atoms with Crippen LogP contribution in [-0.2, 0) is 11.3 Å². The summed E-state index contributed by atoms with van der Waals surface area (Å²) in [5.74, 6) is 0.324. The molecule has 8 nitrogen and oxygen atoms in total. The first-order chi connectivity index (χ1) is 11.1. The van der Waals surface area contributed by atoms with E-state index in [-0.39, 0.29) is 23.0 Å². The number of thioether (sulfide) groups is 1. The molecule has 2 heterocycles. The molecule has 9 heteroatoms. The summed E-state index contributed by atoms with van der Waals surface area (Å²) < 4.78 is 1.39. The van der Waals surface area contributed by atoms with Gasteiger partial charge in [-0.2, -0.15) is 9.61 Å². The van der Waals surface area contributed by atoms with E-state index in [0.29, 0.717) is 11.7 Å². The first-order valence-corrected chi connectivity index (χ1v) is 7.86. The monoisotopic (exact) mass is 330 g/mol. The van der Waals surface area contributed by atoms with Gasteiger partial charge in [0.1, 0.15) is 6.20 Å². The Morgan fingerprint density at radius 3 is 2.87 bits per heavy atom. The van der Waals surface area contributed by atoms with Crippen LogP contribution in [0.15, 0.2) is 40.4 Å². The van der Waals surface area contributed by atoms with Gasteiger partial charge in [0.05, 0.1) is 5.75 Å². The molecule has 23 heavy (non-hydrogen) atoms. The minimum Gasteiger partial charge on any atom is -0.351 e. The van der Waals surface area contributed by atoms with Crippen LogP contribution in [0.1, 0.15) is 11.1 Å². The van der Waals surface area contributed by atoms with Crippen LogP contribution >= 0.6 is 11.8 Å². The number of carbonyl (C=O) groups is 1. The Kier molecular flexibility index (Phi) is 4.38. The Labute approximate surface area is 135 Å². The second kappa shape index (κ2) is 6.61. The highest BCUT2D eigenvalue weighted by Gasteiger charge is 2.10. The summed E-state index contributed by atoms with van der Waals surface area (Å²) in [5, 5.41) is 14.9. The quantitative estimate of drug-likeness (QED) is 0.661. The summed E-state index contributed by atoms with van der Waals surface area (Å²) in [6.07, 6.45) is 1.14. The van der Waals surface area contributed by atoms with Gasteiger partial charge in [0.2, 0.25) is 11.1 Å². The standard InChI is InChI=1S/C14H14N6O2S/c1-9-2-4-10(5-3-9)6-15-12(22)8-23-14-19-18-13-17-11(21)7-16-20(13)14/h2-5,7H,6,8H2,1H3,(H,15,22)(H,17,18,21). The fraction of sp³-hybridized carbons (Fsp3) is 0.214. The van der Waals surface area contributed by atoms with Crippen molar-refractivity contribution < 1.29 is 4.79 Å². The third-order valence-electron chi connectivity index (χ3n) is 3.08. The zero-order valence-electron chi connectivity index (χ0n) is 12.3. The number of H-pyrrole nitrogens is 1. The lowest BCUT2D eigenvalue weighted by Crippen LogP contribution is -2.24. The summed E-state index contributed by atoms with van der Waals surface area (Å²) in [6.45, 7) is 2.50. The van der Waals surface area contributed by atoms with E-state index in [1.807, 2.05) is 31.2 Å². The molecular weight excluding hydrogens is 316 g/mol. The van der Waals surface area contributed by atoms with Crippen LogP contribution in [0, 0.1) is 6.92 Å². The molecule has 0 spiro atoms. The van der Waals surface area contributed by atoms with Gasteiger partial charge in [0, 0.05) is 6.54 Å². The molecule has 1 aromatic carbocycles. The summed E-state index contributed by atoms with van der Waals surface area (Å²) in [5.41, 5.74) is 1.87. The molecule has 0 saturated carbocycles. The molecule has 3 aromatic rings. The van der Waals surface area contributed by atoms with Gasteiger partial charge in [-0.05, 0) is 12.5 Å². The number of fused-ring (bicyclic) bond motifs is 1. The minimum atomic E-state index is -0.350. The lowest BCUT2D eigenvalue weighted by Gasteiger charge is -2.05. The number of rotatable bonds is 5. The number of aromatic amines is 1. The zero-order valence-corrected chi connectivity index (χ0v) is 13.1. The third-order valence-corrected chi connectivity index (χ3v) is 4.00. The second-order valence-electron chi connectivity index (χ2n) is 4.90. The minimum absolute atomic E-state index is 0.114. The molecule has 2 N–H and O–H groups in total. The molecule has 0 aliphatic rings. The van der Waals surface area contributed by atoms with Crippen LogP contribution in [0.2, 0.25) is 0 Å². The van der Waals surface area contributed by atoms with Crippen LogP contribution in [-0.4, -0.2) is 36.5 Å². The van der Waals surface area contributed by atoms with Gasteiger partial charge in [0.25, 0.3) is 11.3 Å². The van der Waals surface area contributed by atoms with Gasteiger partial charge in [-0.15, -0.1) is 10.2 Å². The van der Waals surface area contributed by atoms with E-state index in [4.69, 9.17) is 0 Å². The van der Waals surface area contributed by atoms with Gasteiger partial charge in [-0.1, -0.05) is 41.6 Å². The number of aryl methyl sites for hydroxylation is 1. The largest absolute Gasteiger partial charge is 0.351 e. The predicted octanol–water partition coefficient (Wildman–Crippen LogP) is 0.530. The average Bonchev–Trinajstić information content (AvgIpc) is 2.94. The van der Waals surface area contributed by atoms with Crippen LogP contribution in [0.25, 0.3) is 5.78 Å². The van der Waals surface area contributed by atoms with E-state index >= 15 is 0 Å². The molecule has 118 valence electrons. The molecule has 0 unspecified atom stereocenters. The molecular formula is C14H14N6O2S. The van der Waals surface area contributed by atoms with E-state index in [1.54, 1.807) is 0 Å². The maximum absolute atomic E-state index is 11.9. The smallest absolute Gasteiger partial charge is 0.271 e. The van der Waals surface area contributed by atoms with Crippen molar-refractivity contribution in [2.45, 2.75) is 18.6 Å². The first kappa shape index (κ1) is 15.2. The molecule has 3 rings (SSSR count). The molecule has 0 bridgehead atoms. The Bertz CT molecular complexity index is 886. The maximum Gasteiger partial charge on any atom is 0.271 e. The topological polar surface area (TPSA) is 105 Å². The number of amides is 1. The molecule has 0 aliphatic carbocycles. The van der Waals surface area contributed by atoms with E-state index in [0.717, 1.165) is 11.8 Å². The van der Waals surface area contributed by atoms with Crippen molar-refractivity contribution in [3.63, 3.8) is 0 Å². The zero-order chi connectivity index (χ0) is 16.2. The summed E-state index contributed by atoms with van der Waals surface area (Å²) in [6, 6.07) is 7.97. The van der Waals surface area contributed by atoms with Crippen molar-refractivity contribution in [2.75, 3.05) is 5.75 Å². The first-order valence-electron chi connectivity index (χ1n) is 6.87.